The van der Waals surface area contributed by atoms with Gasteiger partial charge in [0.1, 0.15) is 0 Å². The SMILES string of the molecule is NC(=O)NC(=O)CSCCCO. The molecular weight excluding hydrogens is 180 g/mol. The molecule has 0 saturated heterocycles. The highest BCUT2D eigenvalue weighted by molar-refractivity contribution is 7.99. The molecule has 0 radical (unpaired) electrons. The lowest BCUT2D eigenvalue weighted by Crippen LogP contribution is -2.36. The van der Waals surface area contributed by atoms with Crippen molar-refractivity contribution in [2.75, 3.05) is 18.1 Å². The number of urea groups is 1. The molecule has 4 N–H and O–H groups in total. The summed E-state index contributed by atoms with van der Waals surface area (Å²) in [7, 11) is 0. The smallest absolute Gasteiger partial charge is 0.318 e. The Bertz CT molecular complexity index is 163. The zero-order chi connectivity index (χ0) is 9.40. The van der Waals surface area contributed by atoms with Crippen molar-refractivity contribution >= 4 is 23.7 Å². The van der Waals surface area contributed by atoms with E-state index in [2.05, 4.69) is 0 Å². The maximum Gasteiger partial charge on any atom is 0.318 e. The van der Waals surface area contributed by atoms with Crippen molar-refractivity contribution in [1.29, 1.82) is 0 Å². The van der Waals surface area contributed by atoms with Gasteiger partial charge in [0.2, 0.25) is 5.91 Å². The minimum absolute atomic E-state index is 0.116. The average molecular weight is 192 g/mol. The summed E-state index contributed by atoms with van der Waals surface area (Å²) in [6.45, 7) is 0.116. The van der Waals surface area contributed by atoms with E-state index in [4.69, 9.17) is 10.8 Å². The molecule has 0 bridgehead atoms. The van der Waals surface area contributed by atoms with Crippen LogP contribution in [0.5, 0.6) is 0 Å². The summed E-state index contributed by atoms with van der Waals surface area (Å²) in [5, 5.41) is 10.3. The van der Waals surface area contributed by atoms with Gasteiger partial charge in [-0.25, -0.2) is 4.79 Å². The van der Waals surface area contributed by atoms with Gasteiger partial charge in [0, 0.05) is 6.61 Å². The van der Waals surface area contributed by atoms with Gasteiger partial charge < -0.3 is 10.8 Å². The largest absolute Gasteiger partial charge is 0.396 e. The number of carbonyl (C=O) groups excluding carboxylic acids is 2. The summed E-state index contributed by atoms with van der Waals surface area (Å²) >= 11 is 1.35. The van der Waals surface area contributed by atoms with E-state index in [1.54, 1.807) is 0 Å². The van der Waals surface area contributed by atoms with E-state index in [0.29, 0.717) is 12.2 Å². The molecule has 0 saturated carbocycles. The molecule has 0 atom stereocenters. The van der Waals surface area contributed by atoms with Crippen molar-refractivity contribution in [1.82, 2.24) is 5.32 Å². The highest BCUT2D eigenvalue weighted by Gasteiger charge is 2.02. The van der Waals surface area contributed by atoms with Gasteiger partial charge in [-0.2, -0.15) is 11.8 Å². The topological polar surface area (TPSA) is 92.4 Å². The van der Waals surface area contributed by atoms with E-state index in [1.807, 2.05) is 5.32 Å². The number of aliphatic hydroxyl groups is 1. The summed E-state index contributed by atoms with van der Waals surface area (Å²) in [5.41, 5.74) is 4.70. The first kappa shape index (κ1) is 11.2. The standard InChI is InChI=1S/C6H12N2O3S/c7-6(11)8-5(10)4-12-3-1-2-9/h9H,1-4H2,(H3,7,8,10,11). The van der Waals surface area contributed by atoms with Crippen LogP contribution in [-0.4, -0.2) is 35.2 Å². The van der Waals surface area contributed by atoms with Crippen LogP contribution in [0, 0.1) is 0 Å². The number of imide groups is 1. The predicted molar refractivity (Wildman–Crippen MR) is 46.8 cm³/mol. The number of hydrogen-bond acceptors (Lipinski definition) is 4. The van der Waals surface area contributed by atoms with Crippen LogP contribution in [0.15, 0.2) is 0 Å². The van der Waals surface area contributed by atoms with E-state index in [1.165, 1.54) is 11.8 Å². The molecule has 0 aromatic carbocycles. The zero-order valence-corrected chi connectivity index (χ0v) is 7.39. The highest BCUT2D eigenvalue weighted by Crippen LogP contribution is 2.00. The Morgan fingerprint density at radius 2 is 2.17 bits per heavy atom. The first-order chi connectivity index (χ1) is 5.66. The van der Waals surface area contributed by atoms with Gasteiger partial charge in [0.25, 0.3) is 0 Å². The maximum atomic E-state index is 10.7. The number of thioether (sulfide) groups is 1. The number of aliphatic hydroxyl groups excluding tert-OH is 1. The fraction of sp³-hybridized carbons (Fsp3) is 0.667. The molecule has 0 rings (SSSR count). The number of nitrogens with two attached hydrogens (primary N) is 1. The van der Waals surface area contributed by atoms with Crippen molar-refractivity contribution < 1.29 is 14.7 Å². The van der Waals surface area contributed by atoms with E-state index in [0.717, 1.165) is 0 Å². The quantitative estimate of drug-likeness (QED) is 0.502. The van der Waals surface area contributed by atoms with Crippen LogP contribution >= 0.6 is 11.8 Å². The third kappa shape index (κ3) is 7.36. The summed E-state index contributed by atoms with van der Waals surface area (Å²) in [6.07, 6.45) is 0.647. The molecule has 6 heteroatoms. The van der Waals surface area contributed by atoms with Gasteiger partial charge in [0.15, 0.2) is 0 Å². The van der Waals surface area contributed by atoms with Crippen LogP contribution in [0.25, 0.3) is 0 Å². The van der Waals surface area contributed by atoms with E-state index in [9.17, 15) is 9.59 Å². The highest BCUT2D eigenvalue weighted by atomic mass is 32.2. The molecule has 5 nitrogen and oxygen atoms in total. The lowest BCUT2D eigenvalue weighted by molar-refractivity contribution is -0.117. The van der Waals surface area contributed by atoms with Crippen LogP contribution < -0.4 is 11.1 Å². The summed E-state index contributed by atoms with van der Waals surface area (Å²) in [4.78, 5) is 20.9. The molecule has 3 amide bonds. The zero-order valence-electron chi connectivity index (χ0n) is 6.58. The summed E-state index contributed by atoms with van der Waals surface area (Å²) in [6, 6.07) is -0.831. The summed E-state index contributed by atoms with van der Waals surface area (Å²) in [5.74, 6) is 0.497. The Morgan fingerprint density at radius 1 is 1.50 bits per heavy atom. The molecular formula is C6H12N2O3S. The van der Waals surface area contributed by atoms with Crippen LogP contribution in [0.1, 0.15) is 6.42 Å². The average Bonchev–Trinajstić information content (AvgIpc) is 1.97. The minimum Gasteiger partial charge on any atom is -0.396 e. The second-order valence-corrected chi connectivity index (χ2v) is 3.15. The first-order valence-electron chi connectivity index (χ1n) is 3.44. The fourth-order valence-electron chi connectivity index (χ4n) is 0.505. The molecule has 0 aliphatic carbocycles. The molecule has 0 aromatic heterocycles. The lowest BCUT2D eigenvalue weighted by atomic mass is 10.5. The van der Waals surface area contributed by atoms with Crippen molar-refractivity contribution in [3.63, 3.8) is 0 Å². The fourth-order valence-corrected chi connectivity index (χ4v) is 1.24. The minimum atomic E-state index is -0.831. The van der Waals surface area contributed by atoms with E-state index in [-0.39, 0.29) is 12.4 Å². The number of primary amides is 1. The maximum absolute atomic E-state index is 10.7. The second kappa shape index (κ2) is 6.93. The van der Waals surface area contributed by atoms with Crippen molar-refractivity contribution in [2.45, 2.75) is 6.42 Å². The number of amides is 3. The molecule has 0 heterocycles. The Labute approximate surface area is 74.7 Å². The van der Waals surface area contributed by atoms with E-state index >= 15 is 0 Å². The van der Waals surface area contributed by atoms with Gasteiger partial charge in [-0.15, -0.1) is 0 Å². The molecule has 70 valence electrons. The molecule has 0 aromatic rings. The first-order valence-corrected chi connectivity index (χ1v) is 4.60. The Balaban J connectivity index is 3.26. The Kier molecular flexibility index (Phi) is 6.50. The van der Waals surface area contributed by atoms with Gasteiger partial charge in [-0.3, -0.25) is 10.1 Å². The van der Waals surface area contributed by atoms with E-state index < -0.39 is 11.9 Å². The van der Waals surface area contributed by atoms with Gasteiger partial charge >= 0.3 is 6.03 Å². The van der Waals surface area contributed by atoms with Crippen LogP contribution in [0.4, 0.5) is 4.79 Å². The van der Waals surface area contributed by atoms with Gasteiger partial charge in [-0.05, 0) is 12.2 Å². The number of nitrogens with one attached hydrogen (secondary N) is 1. The lowest BCUT2D eigenvalue weighted by Gasteiger charge is -1.99. The second-order valence-electron chi connectivity index (χ2n) is 2.04. The Morgan fingerprint density at radius 3 is 2.67 bits per heavy atom. The van der Waals surface area contributed by atoms with Crippen molar-refractivity contribution in [3.05, 3.63) is 0 Å². The van der Waals surface area contributed by atoms with Gasteiger partial charge in [-0.1, -0.05) is 0 Å². The molecule has 12 heavy (non-hydrogen) atoms. The van der Waals surface area contributed by atoms with Crippen molar-refractivity contribution in [3.8, 4) is 0 Å². The molecule has 0 aliphatic rings. The number of hydrogen-bond donors (Lipinski definition) is 3. The van der Waals surface area contributed by atoms with Crippen LogP contribution in [0.2, 0.25) is 0 Å². The molecule has 0 fully saturated rings. The van der Waals surface area contributed by atoms with Crippen molar-refractivity contribution in [2.24, 2.45) is 5.73 Å². The molecule has 0 unspecified atom stereocenters. The normalized spacial score (nSPS) is 9.42. The monoisotopic (exact) mass is 192 g/mol. The van der Waals surface area contributed by atoms with Gasteiger partial charge in [0.05, 0.1) is 5.75 Å². The third-order valence-electron chi connectivity index (χ3n) is 0.943. The number of carbonyl (C=O) groups is 2. The summed E-state index contributed by atoms with van der Waals surface area (Å²) < 4.78 is 0. The predicted octanol–water partition coefficient (Wildman–Crippen LogP) is -0.703. The van der Waals surface area contributed by atoms with Crippen LogP contribution in [-0.2, 0) is 4.79 Å². The number of rotatable bonds is 5. The van der Waals surface area contributed by atoms with Crippen LogP contribution in [0.3, 0.4) is 0 Å². The molecule has 0 aliphatic heterocycles. The molecule has 0 spiro atoms. The Hall–Kier alpha value is -0.750. The third-order valence-corrected chi connectivity index (χ3v) is 1.99.